The minimum absolute atomic E-state index is 0.188. The molecule has 0 saturated heterocycles. The maximum absolute atomic E-state index is 13.3. The Hall–Kier alpha value is -2.10. The minimum Gasteiger partial charge on any atom is -0.320 e. The predicted octanol–water partition coefficient (Wildman–Crippen LogP) is 1.82. The number of thioether (sulfide) groups is 1. The lowest BCUT2D eigenvalue weighted by atomic mass is 10.1. The Bertz CT molecular complexity index is 761. The molecule has 0 aliphatic heterocycles. The van der Waals surface area contributed by atoms with Crippen LogP contribution in [0.4, 0.5) is 4.39 Å². The molecule has 0 aliphatic carbocycles. The average Bonchev–Trinajstić information content (AvgIpc) is 2.43. The smallest absolute Gasteiger partial charge is 0.251 e. The molecule has 0 aliphatic rings. The third-order valence-electron chi connectivity index (χ3n) is 2.61. The van der Waals surface area contributed by atoms with Gasteiger partial charge in [0.1, 0.15) is 5.82 Å². The lowest BCUT2D eigenvalue weighted by molar-refractivity contribution is 0.627. The number of benzene rings is 1. The number of aromatic amines is 1. The first-order valence-electron chi connectivity index (χ1n) is 6.26. The van der Waals surface area contributed by atoms with E-state index in [9.17, 15) is 9.18 Å². The molecule has 21 heavy (non-hydrogen) atoms. The SMILES string of the molecule is Cc1cc(=O)[nH]c(SCc2ccc(F)cc2C#CCN)n1. The zero-order valence-corrected chi connectivity index (χ0v) is 12.3. The molecule has 0 spiro atoms. The minimum atomic E-state index is -0.341. The highest BCUT2D eigenvalue weighted by atomic mass is 32.2. The highest BCUT2D eigenvalue weighted by Crippen LogP contribution is 2.21. The molecular formula is C15H14FN3OS. The van der Waals surface area contributed by atoms with Crippen LogP contribution in [0.3, 0.4) is 0 Å². The molecule has 1 aromatic carbocycles. The van der Waals surface area contributed by atoms with Crippen LogP contribution in [0.1, 0.15) is 16.8 Å². The molecule has 1 heterocycles. The van der Waals surface area contributed by atoms with Gasteiger partial charge in [-0.1, -0.05) is 29.7 Å². The van der Waals surface area contributed by atoms with Crippen LogP contribution < -0.4 is 11.3 Å². The quantitative estimate of drug-likeness (QED) is 0.515. The van der Waals surface area contributed by atoms with Gasteiger partial charge in [-0.25, -0.2) is 9.37 Å². The summed E-state index contributed by atoms with van der Waals surface area (Å²) in [4.78, 5) is 18.3. The van der Waals surface area contributed by atoms with Crippen molar-refractivity contribution in [1.82, 2.24) is 9.97 Å². The fraction of sp³-hybridized carbons (Fsp3) is 0.200. The first-order chi connectivity index (χ1) is 10.1. The van der Waals surface area contributed by atoms with Crippen LogP contribution in [0.25, 0.3) is 0 Å². The summed E-state index contributed by atoms with van der Waals surface area (Å²) in [6.45, 7) is 1.98. The number of halogens is 1. The number of nitrogens with two attached hydrogens (primary N) is 1. The summed E-state index contributed by atoms with van der Waals surface area (Å²) in [5.41, 5.74) is 7.28. The van der Waals surface area contributed by atoms with E-state index in [1.807, 2.05) is 0 Å². The Balaban J connectivity index is 2.21. The Morgan fingerprint density at radius 2 is 2.24 bits per heavy atom. The van der Waals surface area contributed by atoms with Crippen molar-refractivity contribution >= 4 is 11.8 Å². The van der Waals surface area contributed by atoms with E-state index >= 15 is 0 Å². The second-order valence-electron chi connectivity index (χ2n) is 4.29. The van der Waals surface area contributed by atoms with Crippen molar-refractivity contribution in [3.8, 4) is 11.8 Å². The zero-order chi connectivity index (χ0) is 15.2. The second-order valence-corrected chi connectivity index (χ2v) is 5.25. The van der Waals surface area contributed by atoms with Gasteiger partial charge in [-0.3, -0.25) is 4.79 Å². The molecule has 6 heteroatoms. The van der Waals surface area contributed by atoms with E-state index in [4.69, 9.17) is 5.73 Å². The normalized spacial score (nSPS) is 10.0. The molecule has 4 nitrogen and oxygen atoms in total. The second kappa shape index (κ2) is 7.07. The highest BCUT2D eigenvalue weighted by Gasteiger charge is 2.05. The van der Waals surface area contributed by atoms with Gasteiger partial charge in [0.2, 0.25) is 0 Å². The van der Waals surface area contributed by atoms with Crippen molar-refractivity contribution in [3.05, 3.63) is 57.3 Å². The zero-order valence-electron chi connectivity index (χ0n) is 11.4. The lowest BCUT2D eigenvalue weighted by Gasteiger charge is -2.05. The predicted molar refractivity (Wildman–Crippen MR) is 81.5 cm³/mol. The van der Waals surface area contributed by atoms with Gasteiger partial charge in [0.15, 0.2) is 5.16 Å². The molecule has 3 N–H and O–H groups in total. The van der Waals surface area contributed by atoms with Crippen molar-refractivity contribution < 1.29 is 4.39 Å². The van der Waals surface area contributed by atoms with E-state index < -0.39 is 0 Å². The van der Waals surface area contributed by atoms with Gasteiger partial charge in [0, 0.05) is 23.1 Å². The van der Waals surface area contributed by atoms with Crippen molar-refractivity contribution in [1.29, 1.82) is 0 Å². The fourth-order valence-corrected chi connectivity index (χ4v) is 2.63. The molecular weight excluding hydrogens is 289 g/mol. The van der Waals surface area contributed by atoms with Crippen LogP contribution >= 0.6 is 11.8 Å². The number of aryl methyl sites for hydroxylation is 1. The summed E-state index contributed by atoms with van der Waals surface area (Å²) in [6, 6.07) is 5.87. The molecule has 0 amide bonds. The van der Waals surface area contributed by atoms with E-state index in [-0.39, 0.29) is 17.9 Å². The van der Waals surface area contributed by atoms with E-state index in [1.165, 1.54) is 30.0 Å². The van der Waals surface area contributed by atoms with E-state index in [0.717, 1.165) is 5.56 Å². The number of H-pyrrole nitrogens is 1. The molecule has 0 fully saturated rings. The maximum atomic E-state index is 13.3. The van der Waals surface area contributed by atoms with Crippen LogP contribution in [-0.4, -0.2) is 16.5 Å². The number of aromatic nitrogens is 2. The van der Waals surface area contributed by atoms with Gasteiger partial charge < -0.3 is 10.7 Å². The topological polar surface area (TPSA) is 71.8 Å². The third kappa shape index (κ3) is 4.45. The molecule has 0 unspecified atom stereocenters. The van der Waals surface area contributed by atoms with E-state index in [1.54, 1.807) is 13.0 Å². The summed E-state index contributed by atoms with van der Waals surface area (Å²) in [5.74, 6) is 5.76. The van der Waals surface area contributed by atoms with Gasteiger partial charge in [0.05, 0.1) is 6.54 Å². The first kappa shape index (κ1) is 15.3. The number of nitrogens with one attached hydrogen (secondary N) is 1. The van der Waals surface area contributed by atoms with Crippen molar-refractivity contribution in [2.24, 2.45) is 5.73 Å². The van der Waals surface area contributed by atoms with Gasteiger partial charge in [-0.2, -0.15) is 0 Å². The maximum Gasteiger partial charge on any atom is 0.251 e. The molecule has 1 aromatic heterocycles. The van der Waals surface area contributed by atoms with Gasteiger partial charge >= 0.3 is 0 Å². The Kier molecular flexibility index (Phi) is 5.14. The van der Waals surface area contributed by atoms with Crippen LogP contribution in [-0.2, 0) is 5.75 Å². The Labute approximate surface area is 126 Å². The summed E-state index contributed by atoms with van der Waals surface area (Å²) < 4.78 is 13.3. The van der Waals surface area contributed by atoms with E-state index in [0.29, 0.717) is 22.2 Å². The summed E-state index contributed by atoms with van der Waals surface area (Å²) in [7, 11) is 0. The fourth-order valence-electron chi connectivity index (χ4n) is 1.70. The average molecular weight is 303 g/mol. The number of rotatable bonds is 3. The summed E-state index contributed by atoms with van der Waals surface area (Å²) in [5, 5.41) is 0.530. The number of hydrogen-bond acceptors (Lipinski definition) is 4. The van der Waals surface area contributed by atoms with Crippen LogP contribution in [0.5, 0.6) is 0 Å². The third-order valence-corrected chi connectivity index (χ3v) is 3.53. The molecule has 0 atom stereocenters. The Morgan fingerprint density at radius 1 is 1.43 bits per heavy atom. The van der Waals surface area contributed by atoms with Crippen molar-refractivity contribution in [3.63, 3.8) is 0 Å². The van der Waals surface area contributed by atoms with Gasteiger partial charge in [0.25, 0.3) is 5.56 Å². The number of hydrogen-bond donors (Lipinski definition) is 2. The van der Waals surface area contributed by atoms with Crippen LogP contribution in [0, 0.1) is 24.6 Å². The van der Waals surface area contributed by atoms with E-state index in [2.05, 4.69) is 21.8 Å². The molecule has 108 valence electrons. The largest absolute Gasteiger partial charge is 0.320 e. The Morgan fingerprint density at radius 3 is 2.95 bits per heavy atom. The monoisotopic (exact) mass is 303 g/mol. The van der Waals surface area contributed by atoms with Crippen LogP contribution in [0.2, 0.25) is 0 Å². The van der Waals surface area contributed by atoms with Gasteiger partial charge in [-0.15, -0.1) is 0 Å². The van der Waals surface area contributed by atoms with Crippen molar-refractivity contribution in [2.75, 3.05) is 6.54 Å². The molecule has 0 bridgehead atoms. The molecule has 2 aromatic rings. The van der Waals surface area contributed by atoms with Crippen LogP contribution in [0.15, 0.2) is 34.2 Å². The molecule has 2 rings (SSSR count). The first-order valence-corrected chi connectivity index (χ1v) is 7.25. The molecule has 0 radical (unpaired) electrons. The lowest BCUT2D eigenvalue weighted by Crippen LogP contribution is -2.08. The molecule has 0 saturated carbocycles. The van der Waals surface area contributed by atoms with Gasteiger partial charge in [-0.05, 0) is 24.6 Å². The van der Waals surface area contributed by atoms with Crippen molar-refractivity contribution in [2.45, 2.75) is 17.8 Å². The standard InChI is InChI=1S/C15H14FN3OS/c1-10-7-14(20)19-15(18-10)21-9-12-4-5-13(16)8-11(12)3-2-6-17/h4-5,7-8H,6,9,17H2,1H3,(H,18,19,20). The summed E-state index contributed by atoms with van der Waals surface area (Å²) >= 11 is 1.37. The summed E-state index contributed by atoms with van der Waals surface area (Å²) in [6.07, 6.45) is 0. The number of nitrogens with zero attached hydrogens (tertiary/aromatic N) is 1. The highest BCUT2D eigenvalue weighted by molar-refractivity contribution is 7.98.